The Bertz CT molecular complexity index is 2150. The number of nitrogens with one attached hydrogen (secondary N) is 2. The lowest BCUT2D eigenvalue weighted by molar-refractivity contribution is 0.656. The summed E-state index contributed by atoms with van der Waals surface area (Å²) in [6.45, 7) is 0.810. The molecule has 3 heteroatoms. The van der Waals surface area contributed by atoms with Crippen LogP contribution in [0.1, 0.15) is 73.2 Å². The van der Waals surface area contributed by atoms with Crippen LogP contribution in [0.3, 0.4) is 0 Å². The highest BCUT2D eigenvalue weighted by Crippen LogP contribution is 2.41. The van der Waals surface area contributed by atoms with Crippen molar-refractivity contribution < 1.29 is 0 Å². The molecule has 0 radical (unpaired) electrons. The van der Waals surface area contributed by atoms with Gasteiger partial charge in [0.25, 0.3) is 0 Å². The lowest BCUT2D eigenvalue weighted by atomic mass is 9.83. The van der Waals surface area contributed by atoms with Gasteiger partial charge in [0.1, 0.15) is 0 Å². The van der Waals surface area contributed by atoms with E-state index in [9.17, 15) is 0 Å². The molecule has 4 aromatic rings. The Labute approximate surface area is 290 Å². The first-order chi connectivity index (χ1) is 24.2. The van der Waals surface area contributed by atoms with E-state index in [2.05, 4.69) is 144 Å². The number of hydrogen-bond donors (Lipinski definition) is 3. The van der Waals surface area contributed by atoms with E-state index in [1.54, 1.807) is 0 Å². The molecule has 8 rings (SSSR count). The first-order valence-electron chi connectivity index (χ1n) is 18.0. The molecule has 0 amide bonds. The lowest BCUT2D eigenvalue weighted by Crippen LogP contribution is -2.23. The minimum Gasteiger partial charge on any atom is -0.399 e. The zero-order valence-corrected chi connectivity index (χ0v) is 28.2. The summed E-state index contributed by atoms with van der Waals surface area (Å²) in [5.74, 6) is 0. The molecule has 4 aliphatic carbocycles. The van der Waals surface area contributed by atoms with E-state index in [0.717, 1.165) is 69.3 Å². The van der Waals surface area contributed by atoms with Gasteiger partial charge in [-0.1, -0.05) is 103 Å². The van der Waals surface area contributed by atoms with Crippen molar-refractivity contribution in [2.24, 2.45) is 5.73 Å². The number of rotatable bonds is 9. The van der Waals surface area contributed by atoms with E-state index in [1.807, 2.05) is 0 Å². The summed E-state index contributed by atoms with van der Waals surface area (Å²) in [5, 5.41) is 13.1. The summed E-state index contributed by atoms with van der Waals surface area (Å²) < 4.78 is 0. The molecule has 0 spiro atoms. The number of nitrogens with two attached hydrogens (primary N) is 1. The first-order valence-corrected chi connectivity index (χ1v) is 18.0. The molecule has 0 fully saturated rings. The molecule has 4 aliphatic rings. The maximum atomic E-state index is 6.70. The van der Waals surface area contributed by atoms with Crippen molar-refractivity contribution in [3.05, 3.63) is 172 Å². The molecular weight excluding hydrogens is 595 g/mol. The van der Waals surface area contributed by atoms with Crippen LogP contribution in [0.15, 0.2) is 150 Å². The second-order valence-electron chi connectivity index (χ2n) is 13.6. The molecule has 0 heterocycles. The van der Waals surface area contributed by atoms with Gasteiger partial charge in [-0.25, -0.2) is 0 Å². The number of fused-ring (bicyclic) bond motifs is 5. The highest BCUT2D eigenvalue weighted by Gasteiger charge is 2.20. The molecule has 244 valence electrons. The van der Waals surface area contributed by atoms with Gasteiger partial charge in [-0.2, -0.15) is 0 Å². The Kier molecular flexibility index (Phi) is 9.01. The predicted octanol–water partition coefficient (Wildman–Crippen LogP) is 11.2. The topological polar surface area (TPSA) is 50.1 Å². The van der Waals surface area contributed by atoms with E-state index in [1.165, 1.54) is 66.2 Å². The number of hydrogen-bond acceptors (Lipinski definition) is 3. The van der Waals surface area contributed by atoms with Crippen molar-refractivity contribution >= 4 is 38.9 Å². The third-order valence-electron chi connectivity index (χ3n) is 10.4. The standard InChI is InChI=1S/C46H45N3/c47-43(34-16-5-2-6-17-34)30-45(48-31-32-13-3-1-4-14-32)35-23-26-37(27-24-35)49-44-22-12-11-21-40(44)42-29-36-18-8-9-19-38(36)41-28-25-33-15-7-10-20-39(33)46(41)42/h2-3,5,7-9,12-16,18-19,22-30,45,48-49H,1,4,6,10-11,17,20-21,31,47H2/b43-30-. The number of allylic oxidation sites excluding steroid dienone is 10. The Hall–Kier alpha value is -5.12. The number of benzene rings is 4. The monoisotopic (exact) mass is 639 g/mol. The molecule has 0 aromatic heterocycles. The van der Waals surface area contributed by atoms with Crippen LogP contribution in [-0.4, -0.2) is 6.54 Å². The van der Waals surface area contributed by atoms with Crippen molar-refractivity contribution in [3.63, 3.8) is 0 Å². The van der Waals surface area contributed by atoms with Crippen molar-refractivity contribution in [2.75, 3.05) is 11.9 Å². The van der Waals surface area contributed by atoms with Gasteiger partial charge in [0.15, 0.2) is 0 Å². The molecule has 49 heavy (non-hydrogen) atoms. The van der Waals surface area contributed by atoms with E-state index >= 15 is 0 Å². The zero-order chi connectivity index (χ0) is 33.0. The van der Waals surface area contributed by atoms with Gasteiger partial charge < -0.3 is 16.4 Å². The Morgan fingerprint density at radius 3 is 2.47 bits per heavy atom. The van der Waals surface area contributed by atoms with Crippen LogP contribution in [0.4, 0.5) is 5.69 Å². The van der Waals surface area contributed by atoms with Gasteiger partial charge in [0.05, 0.1) is 6.04 Å². The minimum absolute atomic E-state index is 0.00521. The third kappa shape index (κ3) is 6.64. The van der Waals surface area contributed by atoms with Crippen LogP contribution < -0.4 is 16.4 Å². The van der Waals surface area contributed by atoms with Crippen LogP contribution in [0.2, 0.25) is 0 Å². The fraction of sp³-hybridized carbons (Fsp3) is 0.217. The molecule has 4 N–H and O–H groups in total. The smallest absolute Gasteiger partial charge is 0.0531 e. The molecule has 0 saturated heterocycles. The van der Waals surface area contributed by atoms with E-state index in [0.29, 0.717) is 0 Å². The Balaban J connectivity index is 1.14. The Morgan fingerprint density at radius 2 is 1.61 bits per heavy atom. The quantitative estimate of drug-likeness (QED) is 0.160. The number of aryl methyl sites for hydroxylation is 1. The predicted molar refractivity (Wildman–Crippen MR) is 210 cm³/mol. The van der Waals surface area contributed by atoms with Crippen molar-refractivity contribution in [1.82, 2.24) is 5.32 Å². The maximum Gasteiger partial charge on any atom is 0.0531 e. The second-order valence-corrected chi connectivity index (χ2v) is 13.6. The van der Waals surface area contributed by atoms with E-state index in [-0.39, 0.29) is 6.04 Å². The maximum absolute atomic E-state index is 6.70. The average molecular weight is 640 g/mol. The Morgan fingerprint density at radius 1 is 0.776 bits per heavy atom. The van der Waals surface area contributed by atoms with Crippen LogP contribution in [0, 0.1) is 0 Å². The van der Waals surface area contributed by atoms with Crippen LogP contribution in [0.25, 0.3) is 33.2 Å². The van der Waals surface area contributed by atoms with Gasteiger partial charge >= 0.3 is 0 Å². The van der Waals surface area contributed by atoms with Crippen LogP contribution in [-0.2, 0) is 6.42 Å². The second kappa shape index (κ2) is 14.2. The minimum atomic E-state index is 0.00521. The molecule has 3 nitrogen and oxygen atoms in total. The number of anilines is 1. The summed E-state index contributed by atoms with van der Waals surface area (Å²) in [6, 6.07) is 24.9. The summed E-state index contributed by atoms with van der Waals surface area (Å²) in [5.41, 5.74) is 19.2. The molecule has 0 aliphatic heterocycles. The SMILES string of the molecule is N/C(=C\C(NCC1=CCCC=C1)c1ccc(NC2=C(c3cc4ccccc4c4ccc5c(c34)CCC=C5)CCC=C2)cc1)C1=CC=CCC1. The highest BCUT2D eigenvalue weighted by atomic mass is 14.9. The van der Waals surface area contributed by atoms with Gasteiger partial charge in [0, 0.05) is 23.6 Å². The third-order valence-corrected chi connectivity index (χ3v) is 10.4. The average Bonchev–Trinajstić information content (AvgIpc) is 3.17. The molecule has 0 saturated carbocycles. The fourth-order valence-corrected chi connectivity index (χ4v) is 7.81. The van der Waals surface area contributed by atoms with Crippen LogP contribution >= 0.6 is 0 Å². The summed E-state index contributed by atoms with van der Waals surface area (Å²) >= 11 is 0. The molecule has 1 unspecified atom stereocenters. The van der Waals surface area contributed by atoms with Gasteiger partial charge in [-0.05, 0) is 142 Å². The highest BCUT2D eigenvalue weighted by molar-refractivity contribution is 6.14. The summed E-state index contributed by atoms with van der Waals surface area (Å²) in [7, 11) is 0. The van der Waals surface area contributed by atoms with Crippen molar-refractivity contribution in [3.8, 4) is 0 Å². The summed E-state index contributed by atoms with van der Waals surface area (Å²) in [6.07, 6.45) is 33.2. The molecular formula is C46H45N3. The van der Waals surface area contributed by atoms with Crippen molar-refractivity contribution in [1.29, 1.82) is 0 Å². The first kappa shape index (κ1) is 31.2. The van der Waals surface area contributed by atoms with Crippen LogP contribution in [0.5, 0.6) is 0 Å². The van der Waals surface area contributed by atoms with E-state index in [4.69, 9.17) is 5.73 Å². The fourth-order valence-electron chi connectivity index (χ4n) is 7.81. The molecule has 4 aromatic carbocycles. The molecule has 1 atom stereocenters. The zero-order valence-electron chi connectivity index (χ0n) is 28.2. The molecule has 0 bridgehead atoms. The van der Waals surface area contributed by atoms with E-state index < -0.39 is 0 Å². The van der Waals surface area contributed by atoms with Gasteiger partial charge in [-0.15, -0.1) is 0 Å². The normalized spacial score (nSPS) is 18.1. The largest absolute Gasteiger partial charge is 0.399 e. The van der Waals surface area contributed by atoms with Crippen molar-refractivity contribution in [2.45, 2.75) is 57.4 Å². The lowest BCUT2D eigenvalue weighted by Gasteiger charge is -2.24. The summed E-state index contributed by atoms with van der Waals surface area (Å²) in [4.78, 5) is 0. The van der Waals surface area contributed by atoms with Gasteiger partial charge in [-0.3, -0.25) is 0 Å². The van der Waals surface area contributed by atoms with Gasteiger partial charge in [0.2, 0.25) is 0 Å².